The maximum Gasteiger partial charge on any atom is 0.238 e. The molecule has 0 aromatic heterocycles. The maximum atomic E-state index is 10.5. The van der Waals surface area contributed by atoms with Gasteiger partial charge in [-0.25, -0.2) is 0 Å². The van der Waals surface area contributed by atoms with Crippen molar-refractivity contribution in [3.05, 3.63) is 12.2 Å². The predicted molar refractivity (Wildman–Crippen MR) is 55.1 cm³/mol. The molecule has 0 aromatic carbocycles. The molecule has 1 atom stereocenters. The Balaban J connectivity index is 3.35. The van der Waals surface area contributed by atoms with Gasteiger partial charge in [-0.2, -0.15) is 0 Å². The number of hydrogen-bond acceptors (Lipinski definition) is 2. The van der Waals surface area contributed by atoms with Gasteiger partial charge in [0, 0.05) is 0 Å². The van der Waals surface area contributed by atoms with E-state index in [4.69, 9.17) is 11.5 Å². The molecule has 4 N–H and O–H groups in total. The van der Waals surface area contributed by atoms with Crippen LogP contribution in [0.2, 0.25) is 0 Å². The van der Waals surface area contributed by atoms with Gasteiger partial charge in [0.25, 0.3) is 0 Å². The largest absolute Gasteiger partial charge is 0.368 e. The number of hydrogen-bond donors (Lipinski definition) is 2. The molecular formula is C10H20N2O. The van der Waals surface area contributed by atoms with Crippen LogP contribution in [0.15, 0.2) is 12.2 Å². The molecule has 1 unspecified atom stereocenters. The minimum atomic E-state index is -0.619. The van der Waals surface area contributed by atoms with Crippen LogP contribution in [-0.2, 0) is 4.79 Å². The lowest BCUT2D eigenvalue weighted by atomic mass is 10.1. The number of allylic oxidation sites excluding steroid dienone is 1. The zero-order valence-electron chi connectivity index (χ0n) is 8.33. The average Bonchev–Trinajstić information content (AvgIpc) is 2.10. The van der Waals surface area contributed by atoms with Gasteiger partial charge in [0.15, 0.2) is 0 Å². The van der Waals surface area contributed by atoms with Crippen molar-refractivity contribution in [3.63, 3.8) is 0 Å². The van der Waals surface area contributed by atoms with E-state index in [1.807, 2.05) is 6.08 Å². The van der Waals surface area contributed by atoms with Crippen LogP contribution in [-0.4, -0.2) is 11.9 Å². The first-order chi connectivity index (χ1) is 6.18. The van der Waals surface area contributed by atoms with E-state index in [-0.39, 0.29) is 0 Å². The number of carbonyl (C=O) groups is 1. The van der Waals surface area contributed by atoms with E-state index >= 15 is 0 Å². The number of primary amides is 1. The van der Waals surface area contributed by atoms with Crippen molar-refractivity contribution < 1.29 is 4.79 Å². The minimum absolute atomic E-state index is 0.468. The van der Waals surface area contributed by atoms with Crippen LogP contribution in [0.5, 0.6) is 0 Å². The molecule has 1 amide bonds. The number of unbranched alkanes of at least 4 members (excludes halogenated alkanes) is 4. The van der Waals surface area contributed by atoms with Gasteiger partial charge < -0.3 is 11.5 Å². The molecule has 0 spiro atoms. The zero-order chi connectivity index (χ0) is 10.1. The van der Waals surface area contributed by atoms with Crippen LogP contribution >= 0.6 is 0 Å². The molecule has 3 nitrogen and oxygen atoms in total. The second-order valence-corrected chi connectivity index (χ2v) is 3.21. The van der Waals surface area contributed by atoms with Gasteiger partial charge in [0.1, 0.15) is 6.04 Å². The summed E-state index contributed by atoms with van der Waals surface area (Å²) in [6, 6.07) is -0.619. The van der Waals surface area contributed by atoms with Gasteiger partial charge in [-0.15, -0.1) is 0 Å². The fraction of sp³-hybridized carbons (Fsp3) is 0.700. The number of rotatable bonds is 7. The van der Waals surface area contributed by atoms with E-state index in [0.29, 0.717) is 0 Å². The monoisotopic (exact) mass is 184 g/mol. The number of carbonyl (C=O) groups excluding carboxylic acids is 1. The number of amides is 1. The fourth-order valence-corrected chi connectivity index (χ4v) is 1.03. The van der Waals surface area contributed by atoms with Crippen molar-refractivity contribution in [2.45, 2.75) is 45.1 Å². The zero-order valence-corrected chi connectivity index (χ0v) is 8.33. The molecule has 0 heterocycles. The van der Waals surface area contributed by atoms with Gasteiger partial charge in [-0.3, -0.25) is 4.79 Å². The van der Waals surface area contributed by atoms with Crippen molar-refractivity contribution in [2.24, 2.45) is 11.5 Å². The van der Waals surface area contributed by atoms with Crippen molar-refractivity contribution in [3.8, 4) is 0 Å². The molecule has 0 aliphatic carbocycles. The lowest BCUT2D eigenvalue weighted by molar-refractivity contribution is -0.118. The van der Waals surface area contributed by atoms with Crippen molar-refractivity contribution in [2.75, 3.05) is 0 Å². The number of nitrogens with two attached hydrogens (primary N) is 2. The maximum absolute atomic E-state index is 10.5. The molecule has 0 aliphatic rings. The highest BCUT2D eigenvalue weighted by Crippen LogP contribution is 2.02. The van der Waals surface area contributed by atoms with Gasteiger partial charge in [0.2, 0.25) is 5.91 Å². The second kappa shape index (κ2) is 7.80. The Hall–Kier alpha value is -0.830. The summed E-state index contributed by atoms with van der Waals surface area (Å²) >= 11 is 0. The summed E-state index contributed by atoms with van der Waals surface area (Å²) in [6.07, 6.45) is 9.52. The summed E-state index contributed by atoms with van der Waals surface area (Å²) in [7, 11) is 0. The van der Waals surface area contributed by atoms with Crippen LogP contribution in [0, 0.1) is 0 Å². The third-order valence-electron chi connectivity index (χ3n) is 1.90. The van der Waals surface area contributed by atoms with E-state index in [1.165, 1.54) is 19.3 Å². The van der Waals surface area contributed by atoms with Crippen LogP contribution in [0.3, 0.4) is 0 Å². The Morgan fingerprint density at radius 3 is 2.62 bits per heavy atom. The molecule has 0 bridgehead atoms. The normalized spacial score (nSPS) is 13.4. The third-order valence-corrected chi connectivity index (χ3v) is 1.90. The molecule has 0 aromatic rings. The molecule has 0 rings (SSSR count). The topological polar surface area (TPSA) is 69.1 Å². The summed E-state index contributed by atoms with van der Waals surface area (Å²) in [4.78, 5) is 10.5. The minimum Gasteiger partial charge on any atom is -0.368 e. The van der Waals surface area contributed by atoms with Gasteiger partial charge in [-0.05, 0) is 12.8 Å². The fourth-order valence-electron chi connectivity index (χ4n) is 1.03. The summed E-state index contributed by atoms with van der Waals surface area (Å²) in [5.74, 6) is -0.468. The van der Waals surface area contributed by atoms with Gasteiger partial charge >= 0.3 is 0 Å². The molecule has 0 radical (unpaired) electrons. The highest BCUT2D eigenvalue weighted by Gasteiger charge is 2.01. The van der Waals surface area contributed by atoms with Crippen LogP contribution in [0.1, 0.15) is 39.0 Å². The molecule has 13 heavy (non-hydrogen) atoms. The molecule has 76 valence electrons. The molecule has 3 heteroatoms. The Morgan fingerprint density at radius 1 is 1.38 bits per heavy atom. The molecule has 0 saturated carbocycles. The van der Waals surface area contributed by atoms with Crippen molar-refractivity contribution in [1.82, 2.24) is 0 Å². The third kappa shape index (κ3) is 7.53. The molecule has 0 aliphatic heterocycles. The highest BCUT2D eigenvalue weighted by atomic mass is 16.1. The molecule has 0 fully saturated rings. The second-order valence-electron chi connectivity index (χ2n) is 3.21. The Kier molecular flexibility index (Phi) is 7.30. The average molecular weight is 184 g/mol. The SMILES string of the molecule is CCCCCCC=CC(N)C(N)=O. The first-order valence-corrected chi connectivity index (χ1v) is 4.90. The van der Waals surface area contributed by atoms with E-state index in [0.717, 1.165) is 12.8 Å². The lowest BCUT2D eigenvalue weighted by Gasteiger charge is -1.99. The highest BCUT2D eigenvalue weighted by molar-refractivity contribution is 5.81. The molecular weight excluding hydrogens is 164 g/mol. The summed E-state index contributed by atoms with van der Waals surface area (Å²) < 4.78 is 0. The lowest BCUT2D eigenvalue weighted by Crippen LogP contribution is -2.34. The summed E-state index contributed by atoms with van der Waals surface area (Å²) in [5, 5.41) is 0. The van der Waals surface area contributed by atoms with Gasteiger partial charge in [-0.1, -0.05) is 38.3 Å². The van der Waals surface area contributed by atoms with Crippen molar-refractivity contribution in [1.29, 1.82) is 0 Å². The standard InChI is InChI=1S/C10H20N2O/c1-2-3-4-5-6-7-8-9(11)10(12)13/h7-9H,2-6,11H2,1H3,(H2,12,13). The van der Waals surface area contributed by atoms with Crippen molar-refractivity contribution >= 4 is 5.91 Å². The van der Waals surface area contributed by atoms with Crippen LogP contribution in [0.25, 0.3) is 0 Å². The first-order valence-electron chi connectivity index (χ1n) is 4.90. The first kappa shape index (κ1) is 12.2. The Morgan fingerprint density at radius 2 is 2.08 bits per heavy atom. The summed E-state index contributed by atoms with van der Waals surface area (Å²) in [5.41, 5.74) is 10.4. The van der Waals surface area contributed by atoms with Gasteiger partial charge in [0.05, 0.1) is 0 Å². The Bertz CT molecular complexity index is 166. The van der Waals surface area contributed by atoms with Crippen LogP contribution in [0.4, 0.5) is 0 Å². The van der Waals surface area contributed by atoms with E-state index in [1.54, 1.807) is 6.08 Å². The van der Waals surface area contributed by atoms with E-state index < -0.39 is 11.9 Å². The van der Waals surface area contributed by atoms with E-state index in [9.17, 15) is 4.79 Å². The smallest absolute Gasteiger partial charge is 0.238 e. The quantitative estimate of drug-likeness (QED) is 0.463. The summed E-state index contributed by atoms with van der Waals surface area (Å²) in [6.45, 7) is 2.18. The Labute approximate surface area is 80.2 Å². The van der Waals surface area contributed by atoms with Crippen LogP contribution < -0.4 is 11.5 Å². The predicted octanol–water partition coefficient (Wildman–Crippen LogP) is 1.33. The van der Waals surface area contributed by atoms with E-state index in [2.05, 4.69) is 6.92 Å². The molecule has 0 saturated heterocycles.